The number of hydrogen-bond donors (Lipinski definition) is 2. The SMILES string of the molecule is CCCCCNC1CC(C)c2c(C)ccc(O)c21. The van der Waals surface area contributed by atoms with E-state index in [0.29, 0.717) is 17.7 Å². The van der Waals surface area contributed by atoms with Crippen molar-refractivity contribution >= 4 is 0 Å². The molecule has 2 rings (SSSR count). The topological polar surface area (TPSA) is 32.3 Å². The fraction of sp³-hybridized carbons (Fsp3) is 0.625. The highest BCUT2D eigenvalue weighted by Crippen LogP contribution is 2.45. The van der Waals surface area contributed by atoms with Gasteiger partial charge in [-0.25, -0.2) is 0 Å². The molecule has 0 aromatic heterocycles. The molecule has 100 valence electrons. The lowest BCUT2D eigenvalue weighted by Crippen LogP contribution is -2.20. The molecule has 1 aliphatic rings. The van der Waals surface area contributed by atoms with Gasteiger partial charge in [0.15, 0.2) is 0 Å². The van der Waals surface area contributed by atoms with Gasteiger partial charge in [-0.1, -0.05) is 32.8 Å². The van der Waals surface area contributed by atoms with Crippen LogP contribution in [0.1, 0.15) is 68.2 Å². The molecule has 0 amide bonds. The molecule has 0 bridgehead atoms. The Labute approximate surface area is 110 Å². The summed E-state index contributed by atoms with van der Waals surface area (Å²) in [6, 6.07) is 4.21. The van der Waals surface area contributed by atoms with E-state index in [1.807, 2.05) is 12.1 Å². The fourth-order valence-electron chi connectivity index (χ4n) is 3.18. The normalized spacial score (nSPS) is 22.2. The second kappa shape index (κ2) is 5.75. The molecule has 0 saturated heterocycles. The second-order valence-corrected chi connectivity index (χ2v) is 5.58. The van der Waals surface area contributed by atoms with Crippen molar-refractivity contribution in [2.75, 3.05) is 6.54 Å². The van der Waals surface area contributed by atoms with E-state index >= 15 is 0 Å². The number of benzene rings is 1. The second-order valence-electron chi connectivity index (χ2n) is 5.58. The highest BCUT2D eigenvalue weighted by molar-refractivity contribution is 5.50. The van der Waals surface area contributed by atoms with Gasteiger partial charge in [-0.15, -0.1) is 0 Å². The van der Waals surface area contributed by atoms with Gasteiger partial charge in [0.05, 0.1) is 0 Å². The van der Waals surface area contributed by atoms with Crippen molar-refractivity contribution in [3.8, 4) is 5.75 Å². The predicted octanol–water partition coefficient (Wildman–Crippen LogP) is 4.03. The molecule has 0 heterocycles. The molecule has 2 unspecified atom stereocenters. The monoisotopic (exact) mass is 247 g/mol. The number of phenolic OH excluding ortho intramolecular Hbond substituents is 1. The molecular weight excluding hydrogens is 222 g/mol. The number of hydrogen-bond acceptors (Lipinski definition) is 2. The molecule has 2 atom stereocenters. The first-order chi connectivity index (χ1) is 8.65. The van der Waals surface area contributed by atoms with Gasteiger partial charge >= 0.3 is 0 Å². The fourth-order valence-corrected chi connectivity index (χ4v) is 3.18. The molecule has 2 nitrogen and oxygen atoms in total. The number of aromatic hydroxyl groups is 1. The van der Waals surface area contributed by atoms with Gasteiger partial charge in [-0.3, -0.25) is 0 Å². The Morgan fingerprint density at radius 3 is 2.78 bits per heavy atom. The maximum absolute atomic E-state index is 10.1. The molecule has 0 fully saturated rings. The zero-order chi connectivity index (χ0) is 13.1. The van der Waals surface area contributed by atoms with Crippen molar-refractivity contribution in [3.05, 3.63) is 28.8 Å². The quantitative estimate of drug-likeness (QED) is 0.770. The summed E-state index contributed by atoms with van der Waals surface area (Å²) in [6.07, 6.45) is 4.87. The number of aryl methyl sites for hydroxylation is 1. The summed E-state index contributed by atoms with van der Waals surface area (Å²) in [4.78, 5) is 0. The summed E-state index contributed by atoms with van der Waals surface area (Å²) >= 11 is 0. The minimum atomic E-state index is 0.340. The van der Waals surface area contributed by atoms with Crippen LogP contribution in [-0.2, 0) is 0 Å². The Morgan fingerprint density at radius 2 is 2.06 bits per heavy atom. The van der Waals surface area contributed by atoms with E-state index in [2.05, 4.69) is 26.1 Å². The maximum Gasteiger partial charge on any atom is 0.120 e. The molecule has 0 aliphatic heterocycles. The largest absolute Gasteiger partial charge is 0.508 e. The highest BCUT2D eigenvalue weighted by Gasteiger charge is 2.31. The van der Waals surface area contributed by atoms with Crippen LogP contribution in [0.3, 0.4) is 0 Å². The molecule has 0 spiro atoms. The van der Waals surface area contributed by atoms with Crippen molar-refractivity contribution in [1.29, 1.82) is 0 Å². The molecule has 1 aromatic rings. The van der Waals surface area contributed by atoms with E-state index in [0.717, 1.165) is 18.5 Å². The predicted molar refractivity (Wildman–Crippen MR) is 76.1 cm³/mol. The van der Waals surface area contributed by atoms with Gasteiger partial charge in [-0.2, -0.15) is 0 Å². The smallest absolute Gasteiger partial charge is 0.120 e. The highest BCUT2D eigenvalue weighted by atomic mass is 16.3. The lowest BCUT2D eigenvalue weighted by Gasteiger charge is -2.15. The van der Waals surface area contributed by atoms with Crippen LogP contribution in [-0.4, -0.2) is 11.7 Å². The van der Waals surface area contributed by atoms with Gasteiger partial charge < -0.3 is 10.4 Å². The standard InChI is InChI=1S/C16H25NO/c1-4-5-6-9-17-13-10-12(3)15-11(2)7-8-14(18)16(13)15/h7-8,12-13,17-18H,4-6,9-10H2,1-3H3. The first kappa shape index (κ1) is 13.4. The van der Waals surface area contributed by atoms with Crippen LogP contribution >= 0.6 is 0 Å². The average Bonchev–Trinajstić information content (AvgIpc) is 2.68. The third kappa shape index (κ3) is 2.54. The molecule has 2 N–H and O–H groups in total. The zero-order valence-corrected chi connectivity index (χ0v) is 11.8. The number of phenols is 1. The van der Waals surface area contributed by atoms with Crippen LogP contribution < -0.4 is 5.32 Å². The van der Waals surface area contributed by atoms with E-state index < -0.39 is 0 Å². The van der Waals surface area contributed by atoms with Crippen molar-refractivity contribution in [1.82, 2.24) is 5.32 Å². The Bertz CT molecular complexity index is 414. The van der Waals surface area contributed by atoms with Crippen LogP contribution in [0.15, 0.2) is 12.1 Å². The van der Waals surface area contributed by atoms with Crippen molar-refractivity contribution < 1.29 is 5.11 Å². The summed E-state index contributed by atoms with van der Waals surface area (Å²) in [6.45, 7) is 7.69. The number of unbranched alkanes of at least 4 members (excludes halogenated alkanes) is 2. The van der Waals surface area contributed by atoms with Gasteiger partial charge in [0.1, 0.15) is 5.75 Å². The van der Waals surface area contributed by atoms with Crippen molar-refractivity contribution in [2.24, 2.45) is 0 Å². The van der Waals surface area contributed by atoms with Crippen molar-refractivity contribution in [2.45, 2.75) is 58.4 Å². The van der Waals surface area contributed by atoms with Crippen LogP contribution in [0.5, 0.6) is 5.75 Å². The molecule has 1 aromatic carbocycles. The Balaban J connectivity index is 2.12. The average molecular weight is 247 g/mol. The summed E-state index contributed by atoms with van der Waals surface area (Å²) in [5.41, 5.74) is 3.83. The first-order valence-corrected chi connectivity index (χ1v) is 7.20. The Kier molecular flexibility index (Phi) is 4.28. The van der Waals surface area contributed by atoms with E-state index in [-0.39, 0.29) is 0 Å². The Hall–Kier alpha value is -1.02. The van der Waals surface area contributed by atoms with Gasteiger partial charge in [0.2, 0.25) is 0 Å². The zero-order valence-electron chi connectivity index (χ0n) is 11.8. The summed E-state index contributed by atoms with van der Waals surface area (Å²) < 4.78 is 0. The third-order valence-corrected chi connectivity index (χ3v) is 4.08. The van der Waals surface area contributed by atoms with E-state index in [1.165, 1.54) is 30.4 Å². The number of rotatable bonds is 5. The minimum Gasteiger partial charge on any atom is -0.508 e. The summed E-state index contributed by atoms with van der Waals surface area (Å²) in [7, 11) is 0. The number of fused-ring (bicyclic) bond motifs is 1. The Morgan fingerprint density at radius 1 is 1.28 bits per heavy atom. The summed E-state index contributed by atoms with van der Waals surface area (Å²) in [5.74, 6) is 1.02. The molecular formula is C16H25NO. The minimum absolute atomic E-state index is 0.340. The van der Waals surface area contributed by atoms with Crippen molar-refractivity contribution in [3.63, 3.8) is 0 Å². The molecule has 0 saturated carbocycles. The van der Waals surface area contributed by atoms with Crippen LogP contribution in [0.2, 0.25) is 0 Å². The first-order valence-electron chi connectivity index (χ1n) is 7.20. The maximum atomic E-state index is 10.1. The molecule has 0 radical (unpaired) electrons. The van der Waals surface area contributed by atoms with Gasteiger partial charge in [-0.05, 0) is 49.4 Å². The molecule has 2 heteroatoms. The van der Waals surface area contributed by atoms with Crippen LogP contribution in [0, 0.1) is 6.92 Å². The summed E-state index contributed by atoms with van der Waals surface area (Å²) in [5, 5.41) is 13.7. The number of nitrogens with one attached hydrogen (secondary N) is 1. The lowest BCUT2D eigenvalue weighted by molar-refractivity contribution is 0.442. The van der Waals surface area contributed by atoms with Gasteiger partial charge in [0.25, 0.3) is 0 Å². The van der Waals surface area contributed by atoms with E-state index in [1.54, 1.807) is 0 Å². The molecule has 1 aliphatic carbocycles. The van der Waals surface area contributed by atoms with E-state index in [9.17, 15) is 5.11 Å². The molecule has 18 heavy (non-hydrogen) atoms. The van der Waals surface area contributed by atoms with Gasteiger partial charge in [0, 0.05) is 11.6 Å². The van der Waals surface area contributed by atoms with Crippen LogP contribution in [0.25, 0.3) is 0 Å². The van der Waals surface area contributed by atoms with E-state index in [4.69, 9.17) is 0 Å². The van der Waals surface area contributed by atoms with Crippen LogP contribution in [0.4, 0.5) is 0 Å². The third-order valence-electron chi connectivity index (χ3n) is 4.08. The lowest BCUT2D eigenvalue weighted by atomic mass is 9.97.